The summed E-state index contributed by atoms with van der Waals surface area (Å²) in [6.45, 7) is 5.54. The first-order chi connectivity index (χ1) is 14.8. The summed E-state index contributed by atoms with van der Waals surface area (Å²) in [5.41, 5.74) is 3.29. The SMILES string of the molecule is Cc1ccc(S(=O)(=O)OCCOCn2cnc3c(sc4nc(C)cc(C)c43)c2=O)cc1. The Kier molecular flexibility index (Phi) is 5.89. The van der Waals surface area contributed by atoms with E-state index in [2.05, 4.69) is 9.97 Å². The van der Waals surface area contributed by atoms with Crippen molar-refractivity contribution in [2.45, 2.75) is 32.4 Å². The molecule has 0 unspecified atom stereocenters. The molecular weight excluding hydrogens is 438 g/mol. The summed E-state index contributed by atoms with van der Waals surface area (Å²) < 4.78 is 36.6. The molecule has 0 radical (unpaired) electrons. The molecule has 0 atom stereocenters. The summed E-state index contributed by atoms with van der Waals surface area (Å²) in [6.07, 6.45) is 1.43. The van der Waals surface area contributed by atoms with E-state index in [0.717, 1.165) is 27.0 Å². The van der Waals surface area contributed by atoms with Gasteiger partial charge < -0.3 is 4.74 Å². The van der Waals surface area contributed by atoms with E-state index in [1.165, 1.54) is 34.4 Å². The van der Waals surface area contributed by atoms with Crippen molar-refractivity contribution in [3.05, 3.63) is 63.8 Å². The standard InChI is InChI=1S/C21H21N3O5S2/c1-13-4-6-16(7-5-13)31(26,27)29-9-8-28-12-24-11-22-18-17-14(2)10-15(3)23-20(17)30-19(18)21(24)25/h4-7,10-11H,8-9,12H2,1-3H3. The fourth-order valence-electron chi connectivity index (χ4n) is 3.23. The van der Waals surface area contributed by atoms with Crippen LogP contribution in [0.3, 0.4) is 0 Å². The largest absolute Gasteiger partial charge is 0.358 e. The predicted molar refractivity (Wildman–Crippen MR) is 119 cm³/mol. The van der Waals surface area contributed by atoms with Crippen LogP contribution in [0, 0.1) is 20.8 Å². The Morgan fingerprint density at radius 2 is 1.84 bits per heavy atom. The second-order valence-electron chi connectivity index (χ2n) is 7.19. The highest BCUT2D eigenvalue weighted by Crippen LogP contribution is 2.31. The third-order valence-corrected chi connectivity index (χ3v) is 7.14. The zero-order chi connectivity index (χ0) is 22.2. The van der Waals surface area contributed by atoms with Gasteiger partial charge in [0.05, 0.1) is 23.6 Å². The van der Waals surface area contributed by atoms with Gasteiger partial charge in [0.1, 0.15) is 22.6 Å². The van der Waals surface area contributed by atoms with Gasteiger partial charge in [0.15, 0.2) is 0 Å². The third kappa shape index (κ3) is 4.38. The van der Waals surface area contributed by atoms with Gasteiger partial charge in [0, 0.05) is 11.1 Å². The molecule has 0 amide bonds. The van der Waals surface area contributed by atoms with E-state index in [4.69, 9.17) is 8.92 Å². The molecule has 0 aliphatic rings. The maximum absolute atomic E-state index is 12.8. The van der Waals surface area contributed by atoms with Crippen molar-refractivity contribution in [2.24, 2.45) is 0 Å². The van der Waals surface area contributed by atoms with E-state index in [0.29, 0.717) is 10.2 Å². The van der Waals surface area contributed by atoms with E-state index in [1.54, 1.807) is 12.1 Å². The summed E-state index contributed by atoms with van der Waals surface area (Å²) in [7, 11) is -3.85. The van der Waals surface area contributed by atoms with Gasteiger partial charge in [0.25, 0.3) is 15.7 Å². The number of aryl methyl sites for hydroxylation is 3. The topological polar surface area (TPSA) is 100 Å². The zero-order valence-electron chi connectivity index (χ0n) is 17.3. The monoisotopic (exact) mass is 459 g/mol. The van der Waals surface area contributed by atoms with Crippen LogP contribution in [0.25, 0.3) is 20.4 Å². The summed E-state index contributed by atoms with van der Waals surface area (Å²) in [6, 6.07) is 8.36. The second-order valence-corrected chi connectivity index (χ2v) is 9.80. The van der Waals surface area contributed by atoms with Crippen LogP contribution in [0.2, 0.25) is 0 Å². The van der Waals surface area contributed by atoms with Crippen LogP contribution in [0.1, 0.15) is 16.8 Å². The van der Waals surface area contributed by atoms with Crippen LogP contribution < -0.4 is 5.56 Å². The van der Waals surface area contributed by atoms with Crippen molar-refractivity contribution >= 4 is 41.9 Å². The number of ether oxygens (including phenoxy) is 1. The number of thiophene rings is 1. The van der Waals surface area contributed by atoms with Gasteiger partial charge in [-0.05, 0) is 44.5 Å². The second kappa shape index (κ2) is 8.46. The minimum atomic E-state index is -3.85. The number of fused-ring (bicyclic) bond motifs is 3. The summed E-state index contributed by atoms with van der Waals surface area (Å²) >= 11 is 1.31. The van der Waals surface area contributed by atoms with Gasteiger partial charge in [-0.1, -0.05) is 17.7 Å². The van der Waals surface area contributed by atoms with E-state index >= 15 is 0 Å². The lowest BCUT2D eigenvalue weighted by atomic mass is 10.1. The summed E-state index contributed by atoms with van der Waals surface area (Å²) in [5, 5.41) is 0.894. The predicted octanol–water partition coefficient (Wildman–Crippen LogP) is 3.31. The zero-order valence-corrected chi connectivity index (χ0v) is 18.9. The maximum Gasteiger partial charge on any atom is 0.297 e. The quantitative estimate of drug-likeness (QED) is 0.309. The fraction of sp³-hybridized carbons (Fsp3) is 0.286. The number of rotatable bonds is 7. The lowest BCUT2D eigenvalue weighted by molar-refractivity contribution is 0.0531. The number of hydrogen-bond donors (Lipinski definition) is 0. The van der Waals surface area contributed by atoms with Crippen molar-refractivity contribution in [1.29, 1.82) is 0 Å². The molecule has 4 rings (SSSR count). The summed E-state index contributed by atoms with van der Waals surface area (Å²) in [4.78, 5) is 22.6. The molecule has 0 aliphatic carbocycles. The minimum absolute atomic E-state index is 0.00183. The van der Waals surface area contributed by atoms with Crippen molar-refractivity contribution < 1.29 is 17.3 Å². The highest BCUT2D eigenvalue weighted by Gasteiger charge is 2.16. The van der Waals surface area contributed by atoms with Crippen molar-refractivity contribution in [3.8, 4) is 0 Å². The number of benzene rings is 1. The fourth-order valence-corrected chi connectivity index (χ4v) is 5.32. The molecule has 0 N–H and O–H groups in total. The highest BCUT2D eigenvalue weighted by atomic mass is 32.2. The van der Waals surface area contributed by atoms with Crippen molar-refractivity contribution in [1.82, 2.24) is 14.5 Å². The number of nitrogens with zero attached hydrogens (tertiary/aromatic N) is 3. The molecule has 0 saturated heterocycles. The molecule has 0 fully saturated rings. The van der Waals surface area contributed by atoms with Crippen LogP contribution in [-0.2, 0) is 25.8 Å². The maximum atomic E-state index is 12.8. The molecule has 10 heteroatoms. The molecule has 3 aromatic heterocycles. The first-order valence-electron chi connectivity index (χ1n) is 9.56. The van der Waals surface area contributed by atoms with Crippen molar-refractivity contribution in [3.63, 3.8) is 0 Å². The average Bonchev–Trinajstić information content (AvgIpc) is 3.09. The Labute approximate surface area is 183 Å². The number of aromatic nitrogens is 3. The lowest BCUT2D eigenvalue weighted by Gasteiger charge is -2.08. The molecule has 4 aromatic rings. The normalized spacial score (nSPS) is 12.1. The first-order valence-corrected chi connectivity index (χ1v) is 11.8. The molecule has 0 aliphatic heterocycles. The molecule has 8 nitrogen and oxygen atoms in total. The van der Waals surface area contributed by atoms with E-state index in [1.807, 2.05) is 26.8 Å². The van der Waals surface area contributed by atoms with E-state index < -0.39 is 10.1 Å². The Hall–Kier alpha value is -2.66. The van der Waals surface area contributed by atoms with Gasteiger partial charge in [-0.15, -0.1) is 11.3 Å². The highest BCUT2D eigenvalue weighted by molar-refractivity contribution is 7.86. The van der Waals surface area contributed by atoms with E-state index in [9.17, 15) is 13.2 Å². The molecule has 162 valence electrons. The smallest absolute Gasteiger partial charge is 0.297 e. The Morgan fingerprint density at radius 1 is 1.10 bits per heavy atom. The molecular formula is C21H21N3O5S2. The van der Waals surface area contributed by atoms with Gasteiger partial charge in [-0.3, -0.25) is 13.5 Å². The molecule has 0 bridgehead atoms. The van der Waals surface area contributed by atoms with Gasteiger partial charge in [0.2, 0.25) is 0 Å². The van der Waals surface area contributed by atoms with E-state index in [-0.39, 0.29) is 30.4 Å². The Morgan fingerprint density at radius 3 is 2.58 bits per heavy atom. The van der Waals surface area contributed by atoms with Crippen molar-refractivity contribution in [2.75, 3.05) is 13.2 Å². The Balaban J connectivity index is 1.42. The number of hydrogen-bond acceptors (Lipinski definition) is 8. The molecule has 0 saturated carbocycles. The van der Waals surface area contributed by atoms with Crippen LogP contribution in [0.5, 0.6) is 0 Å². The average molecular weight is 460 g/mol. The van der Waals surface area contributed by atoms with Crippen LogP contribution >= 0.6 is 11.3 Å². The molecule has 1 aromatic carbocycles. The molecule has 0 spiro atoms. The first kappa shape index (κ1) is 21.6. The van der Waals surface area contributed by atoms with Crippen LogP contribution in [0.15, 0.2) is 46.3 Å². The van der Waals surface area contributed by atoms with Crippen LogP contribution in [0.4, 0.5) is 0 Å². The molecule has 3 heterocycles. The summed E-state index contributed by atoms with van der Waals surface area (Å²) in [5.74, 6) is 0. The minimum Gasteiger partial charge on any atom is -0.358 e. The third-order valence-electron chi connectivity index (χ3n) is 4.75. The van der Waals surface area contributed by atoms with Gasteiger partial charge >= 0.3 is 0 Å². The Bertz CT molecular complexity index is 1420. The lowest BCUT2D eigenvalue weighted by Crippen LogP contribution is -2.22. The van der Waals surface area contributed by atoms with Gasteiger partial charge in [-0.2, -0.15) is 8.42 Å². The molecule has 31 heavy (non-hydrogen) atoms. The van der Waals surface area contributed by atoms with Crippen LogP contribution in [-0.4, -0.2) is 36.2 Å². The van der Waals surface area contributed by atoms with Gasteiger partial charge in [-0.25, -0.2) is 9.97 Å². The number of pyridine rings is 1.